The van der Waals surface area contributed by atoms with Crippen molar-refractivity contribution < 1.29 is 9.18 Å². The van der Waals surface area contributed by atoms with Gasteiger partial charge in [-0.1, -0.05) is 42.5 Å². The Morgan fingerprint density at radius 2 is 1.66 bits per heavy atom. The summed E-state index contributed by atoms with van der Waals surface area (Å²) in [5, 5.41) is 0.537. The number of fused-ring (bicyclic) bond motifs is 1. The highest BCUT2D eigenvalue weighted by atomic mass is 32.2. The Kier molecular flexibility index (Phi) is 5.85. The lowest BCUT2D eigenvalue weighted by Gasteiger charge is -2.40. The zero-order valence-electron chi connectivity index (χ0n) is 20.1. The number of para-hydroxylation sites is 2. The third kappa shape index (κ3) is 4.30. The molecule has 0 atom stereocenters. The number of carbonyl (C=O) groups is 1. The fourth-order valence-corrected chi connectivity index (χ4v) is 5.40. The molecule has 0 N–H and O–H groups in total. The molecule has 5 rings (SSSR count). The number of anilines is 2. The molecule has 0 saturated carbocycles. The minimum Gasteiger partial charge on any atom is -0.365 e. The van der Waals surface area contributed by atoms with Crippen LogP contribution in [0, 0.1) is 5.82 Å². The number of thioether (sulfide) groups is 1. The van der Waals surface area contributed by atoms with E-state index in [1.165, 1.54) is 11.8 Å². The number of allylic oxidation sites excluding steroid dienone is 1. The SMILES string of the molecule is CC1=CC(C)(C)N(C)c2cc(F)c(/C=C3/SC(=Nc4ccccc4)N(c4ccccc4)C3=O)cc21. The molecule has 2 aliphatic heterocycles. The number of halogens is 1. The van der Waals surface area contributed by atoms with Crippen molar-refractivity contribution in [2.24, 2.45) is 4.99 Å². The second-order valence-corrected chi connectivity index (χ2v) is 10.3. The first kappa shape index (κ1) is 23.1. The Morgan fingerprint density at radius 1 is 1.00 bits per heavy atom. The van der Waals surface area contributed by atoms with Crippen LogP contribution < -0.4 is 9.80 Å². The van der Waals surface area contributed by atoms with Gasteiger partial charge < -0.3 is 4.90 Å². The summed E-state index contributed by atoms with van der Waals surface area (Å²) < 4.78 is 15.3. The molecule has 0 aliphatic carbocycles. The van der Waals surface area contributed by atoms with E-state index in [9.17, 15) is 4.79 Å². The molecule has 3 aromatic carbocycles. The number of benzene rings is 3. The van der Waals surface area contributed by atoms with Crippen LogP contribution in [0.5, 0.6) is 0 Å². The van der Waals surface area contributed by atoms with Crippen LogP contribution in [0.3, 0.4) is 0 Å². The third-order valence-corrected chi connectivity index (χ3v) is 7.39. The molecule has 4 nitrogen and oxygen atoms in total. The quantitative estimate of drug-likeness (QED) is 0.368. The first-order valence-corrected chi connectivity index (χ1v) is 12.3. The predicted octanol–water partition coefficient (Wildman–Crippen LogP) is 7.27. The summed E-state index contributed by atoms with van der Waals surface area (Å²) in [5.41, 5.74) is 4.54. The lowest BCUT2D eigenvalue weighted by Crippen LogP contribution is -2.42. The Bertz CT molecular complexity index is 1390. The van der Waals surface area contributed by atoms with Gasteiger partial charge in [0.25, 0.3) is 5.91 Å². The topological polar surface area (TPSA) is 35.9 Å². The van der Waals surface area contributed by atoms with Gasteiger partial charge in [0.2, 0.25) is 0 Å². The summed E-state index contributed by atoms with van der Waals surface area (Å²) in [4.78, 5) is 22.3. The van der Waals surface area contributed by atoms with E-state index in [1.807, 2.05) is 80.7 Å². The second kappa shape index (κ2) is 8.86. The van der Waals surface area contributed by atoms with E-state index in [2.05, 4.69) is 24.8 Å². The van der Waals surface area contributed by atoms with E-state index in [-0.39, 0.29) is 17.3 Å². The number of carbonyl (C=O) groups excluding carboxylic acids is 1. The van der Waals surface area contributed by atoms with Gasteiger partial charge in [0.15, 0.2) is 5.17 Å². The van der Waals surface area contributed by atoms with E-state index in [0.717, 1.165) is 28.2 Å². The molecule has 0 spiro atoms. The minimum atomic E-state index is -0.360. The van der Waals surface area contributed by atoms with Crippen molar-refractivity contribution in [3.63, 3.8) is 0 Å². The molecule has 1 saturated heterocycles. The maximum Gasteiger partial charge on any atom is 0.271 e. The van der Waals surface area contributed by atoms with E-state index in [4.69, 9.17) is 4.99 Å². The molecule has 35 heavy (non-hydrogen) atoms. The Labute approximate surface area is 209 Å². The summed E-state index contributed by atoms with van der Waals surface area (Å²) in [6.45, 7) is 6.25. The molecule has 6 heteroatoms. The summed E-state index contributed by atoms with van der Waals surface area (Å²) in [5.74, 6) is -0.583. The van der Waals surface area contributed by atoms with Crippen LogP contribution in [0.4, 0.5) is 21.5 Å². The number of rotatable bonds is 3. The zero-order chi connectivity index (χ0) is 24.7. The molecule has 2 heterocycles. The van der Waals surface area contributed by atoms with Gasteiger partial charge in [0, 0.05) is 23.9 Å². The monoisotopic (exact) mass is 483 g/mol. The summed E-state index contributed by atoms with van der Waals surface area (Å²) in [7, 11) is 1.97. The number of hydrogen-bond donors (Lipinski definition) is 0. The van der Waals surface area contributed by atoms with Crippen molar-refractivity contribution in [3.8, 4) is 0 Å². The van der Waals surface area contributed by atoms with Crippen LogP contribution in [-0.2, 0) is 4.79 Å². The van der Waals surface area contributed by atoms with Gasteiger partial charge in [-0.2, -0.15) is 0 Å². The zero-order valence-corrected chi connectivity index (χ0v) is 20.9. The van der Waals surface area contributed by atoms with Crippen molar-refractivity contribution >= 4 is 51.5 Å². The molecule has 0 aromatic heterocycles. The first-order chi connectivity index (χ1) is 16.7. The van der Waals surface area contributed by atoms with Gasteiger partial charge in [-0.05, 0) is 80.6 Å². The fraction of sp³-hybridized carbons (Fsp3) is 0.172. The molecule has 1 fully saturated rings. The number of aliphatic imine (C=N–C) groups is 1. The van der Waals surface area contributed by atoms with Gasteiger partial charge in [-0.15, -0.1) is 0 Å². The Balaban J connectivity index is 1.58. The second-order valence-electron chi connectivity index (χ2n) is 9.25. The largest absolute Gasteiger partial charge is 0.365 e. The predicted molar refractivity (Wildman–Crippen MR) is 146 cm³/mol. The van der Waals surface area contributed by atoms with Crippen LogP contribution in [0.25, 0.3) is 11.6 Å². The van der Waals surface area contributed by atoms with Gasteiger partial charge in [0.1, 0.15) is 5.82 Å². The van der Waals surface area contributed by atoms with Crippen molar-refractivity contribution in [1.82, 2.24) is 0 Å². The van der Waals surface area contributed by atoms with E-state index < -0.39 is 0 Å². The molecular formula is C29H26FN3OS. The average Bonchev–Trinajstić information content (AvgIpc) is 3.14. The number of hydrogen-bond acceptors (Lipinski definition) is 4. The number of amides is 1. The van der Waals surface area contributed by atoms with Crippen molar-refractivity contribution in [2.45, 2.75) is 26.3 Å². The maximum atomic E-state index is 15.3. The van der Waals surface area contributed by atoms with Crippen molar-refractivity contribution in [1.29, 1.82) is 0 Å². The fourth-order valence-electron chi connectivity index (χ4n) is 4.41. The van der Waals surface area contributed by atoms with Gasteiger partial charge in [-0.25, -0.2) is 9.38 Å². The summed E-state index contributed by atoms with van der Waals surface area (Å²) >= 11 is 1.25. The van der Waals surface area contributed by atoms with Crippen LogP contribution in [-0.4, -0.2) is 23.7 Å². The highest BCUT2D eigenvalue weighted by molar-refractivity contribution is 8.19. The molecule has 1 amide bonds. The third-order valence-electron chi connectivity index (χ3n) is 6.42. The molecular weight excluding hydrogens is 457 g/mol. The molecule has 0 bridgehead atoms. The number of amidine groups is 1. The Hall–Kier alpha value is -3.64. The van der Waals surface area contributed by atoms with Gasteiger partial charge in [-0.3, -0.25) is 9.69 Å². The van der Waals surface area contributed by atoms with Crippen molar-refractivity contribution in [2.75, 3.05) is 16.8 Å². The lowest BCUT2D eigenvalue weighted by atomic mass is 9.88. The highest BCUT2D eigenvalue weighted by Gasteiger charge is 2.35. The molecule has 0 unspecified atom stereocenters. The molecule has 176 valence electrons. The van der Waals surface area contributed by atoms with Crippen LogP contribution >= 0.6 is 11.8 Å². The van der Waals surface area contributed by atoms with Gasteiger partial charge in [0.05, 0.1) is 21.8 Å². The standard InChI is InChI=1S/C29H26FN3OS/c1-19-18-29(2,3)32(4)25-17-24(30)20(15-23(19)25)16-26-27(34)33(22-13-9-6-10-14-22)28(35-26)31-21-11-7-5-8-12-21/h5-18H,1-4H3/b26-16+,31-28?. The molecule has 3 aromatic rings. The van der Waals surface area contributed by atoms with Crippen LogP contribution in [0.1, 0.15) is 31.9 Å². The highest BCUT2D eigenvalue weighted by Crippen LogP contribution is 2.41. The maximum absolute atomic E-state index is 15.3. The molecule has 2 aliphatic rings. The number of nitrogens with zero attached hydrogens (tertiary/aromatic N) is 3. The number of likely N-dealkylation sites (N-methyl/N-ethyl adjacent to an activating group) is 1. The normalized spacial score (nSPS) is 19.3. The van der Waals surface area contributed by atoms with Crippen LogP contribution in [0.15, 0.2) is 88.8 Å². The smallest absolute Gasteiger partial charge is 0.271 e. The Morgan fingerprint density at radius 3 is 2.34 bits per heavy atom. The average molecular weight is 484 g/mol. The first-order valence-electron chi connectivity index (χ1n) is 11.4. The van der Waals surface area contributed by atoms with E-state index >= 15 is 4.39 Å². The van der Waals surface area contributed by atoms with Crippen LogP contribution in [0.2, 0.25) is 0 Å². The lowest BCUT2D eigenvalue weighted by molar-refractivity contribution is -0.113. The molecule has 0 radical (unpaired) electrons. The van der Waals surface area contributed by atoms with E-state index in [1.54, 1.807) is 17.0 Å². The summed E-state index contributed by atoms with van der Waals surface area (Å²) in [6, 6.07) is 22.3. The van der Waals surface area contributed by atoms with E-state index in [0.29, 0.717) is 15.6 Å². The van der Waals surface area contributed by atoms with Gasteiger partial charge >= 0.3 is 0 Å². The minimum absolute atomic E-state index is 0.209. The van der Waals surface area contributed by atoms with Crippen molar-refractivity contribution in [3.05, 3.63) is 101 Å². The summed E-state index contributed by atoms with van der Waals surface area (Å²) in [6.07, 6.45) is 3.82.